The minimum Gasteiger partial charge on any atom is -0.290 e. The summed E-state index contributed by atoms with van der Waals surface area (Å²) in [6, 6.07) is 1.54. The molecule has 0 fully saturated rings. The van der Waals surface area contributed by atoms with Gasteiger partial charge in [0.05, 0.1) is 0 Å². The molecule has 0 amide bonds. The number of aromatic nitrogens is 2. The van der Waals surface area contributed by atoms with Crippen molar-refractivity contribution in [3.63, 3.8) is 0 Å². The summed E-state index contributed by atoms with van der Waals surface area (Å²) in [5.41, 5.74) is 2.57. The smallest absolute Gasteiger partial charge is 0.223 e. The van der Waals surface area contributed by atoms with Crippen LogP contribution in [0.2, 0.25) is 5.28 Å². The van der Waals surface area contributed by atoms with Gasteiger partial charge >= 0.3 is 0 Å². The molecule has 1 rings (SSSR count). The lowest BCUT2D eigenvalue weighted by atomic mass is 10.3. The average Bonchev–Trinajstić information content (AvgIpc) is 2.01. The Kier molecular flexibility index (Phi) is 2.57. The van der Waals surface area contributed by atoms with Crippen LogP contribution in [0, 0.1) is 12.3 Å². The van der Waals surface area contributed by atoms with E-state index in [-0.39, 0.29) is 16.8 Å². The summed E-state index contributed by atoms with van der Waals surface area (Å²) in [4.78, 5) is 7.51. The molecule has 3 N–H and O–H groups in total. The molecule has 6 heteroatoms. The zero-order chi connectivity index (χ0) is 9.14. The van der Waals surface area contributed by atoms with Gasteiger partial charge in [-0.3, -0.25) is 16.1 Å². The molecule has 0 unspecified atom stereocenters. The van der Waals surface area contributed by atoms with Gasteiger partial charge in [0.1, 0.15) is 5.69 Å². The fraction of sp³-hybridized carbons (Fsp3) is 0.167. The van der Waals surface area contributed by atoms with Gasteiger partial charge in [-0.05, 0) is 24.6 Å². The lowest BCUT2D eigenvalue weighted by Gasteiger charge is -2.01. The predicted molar refractivity (Wildman–Crippen MR) is 43.5 cm³/mol. The van der Waals surface area contributed by atoms with E-state index in [9.17, 15) is 0 Å². The number of halogens is 1. The Balaban J connectivity index is 3.08. The number of hydrogen-bond acceptors (Lipinski definition) is 4. The van der Waals surface area contributed by atoms with Crippen molar-refractivity contribution in [1.82, 2.24) is 15.4 Å². The van der Waals surface area contributed by atoms with Crippen LogP contribution >= 0.6 is 11.6 Å². The summed E-state index contributed by atoms with van der Waals surface area (Å²) in [5, 5.41) is 15.6. The summed E-state index contributed by atoms with van der Waals surface area (Å²) in [6.45, 7) is 1.72. The fourth-order valence-corrected chi connectivity index (χ4v) is 0.942. The van der Waals surface area contributed by atoms with Gasteiger partial charge in [-0.1, -0.05) is 0 Å². The van der Waals surface area contributed by atoms with Crippen molar-refractivity contribution in [2.75, 3.05) is 0 Å². The van der Waals surface area contributed by atoms with Crippen molar-refractivity contribution < 1.29 is 5.21 Å². The Morgan fingerprint density at radius 3 is 2.83 bits per heavy atom. The maximum absolute atomic E-state index is 8.39. The zero-order valence-electron chi connectivity index (χ0n) is 6.30. The van der Waals surface area contributed by atoms with Crippen LogP contribution in [0.1, 0.15) is 11.4 Å². The Morgan fingerprint density at radius 2 is 2.33 bits per heavy atom. The maximum Gasteiger partial charge on any atom is 0.223 e. The third-order valence-electron chi connectivity index (χ3n) is 1.19. The van der Waals surface area contributed by atoms with Crippen molar-refractivity contribution in [2.24, 2.45) is 0 Å². The lowest BCUT2D eigenvalue weighted by Crippen LogP contribution is -2.20. The molecule has 12 heavy (non-hydrogen) atoms. The molecule has 1 heterocycles. The summed E-state index contributed by atoms with van der Waals surface area (Å²) in [5.74, 6) is -0.206. The largest absolute Gasteiger partial charge is 0.290 e. The van der Waals surface area contributed by atoms with E-state index in [0.717, 1.165) is 0 Å². The highest BCUT2D eigenvalue weighted by Gasteiger charge is 2.04. The molecule has 0 saturated carbocycles. The van der Waals surface area contributed by atoms with Crippen LogP contribution in [0.3, 0.4) is 0 Å². The second-order valence-electron chi connectivity index (χ2n) is 2.15. The molecule has 1 aromatic heterocycles. The molecule has 0 saturated heterocycles. The summed E-state index contributed by atoms with van der Waals surface area (Å²) < 4.78 is 0. The molecule has 5 nitrogen and oxygen atoms in total. The Bertz CT molecular complexity index is 294. The monoisotopic (exact) mass is 186 g/mol. The first kappa shape index (κ1) is 8.89. The van der Waals surface area contributed by atoms with Crippen LogP contribution < -0.4 is 5.48 Å². The number of rotatable bonds is 1. The summed E-state index contributed by atoms with van der Waals surface area (Å²) in [6.07, 6.45) is 0. The molecular weight excluding hydrogens is 180 g/mol. The van der Waals surface area contributed by atoms with Gasteiger partial charge in [0.25, 0.3) is 0 Å². The topological polar surface area (TPSA) is 81.9 Å². The van der Waals surface area contributed by atoms with Crippen LogP contribution in [0.4, 0.5) is 0 Å². The minimum atomic E-state index is -0.206. The van der Waals surface area contributed by atoms with Crippen molar-refractivity contribution in [3.8, 4) is 0 Å². The van der Waals surface area contributed by atoms with Gasteiger partial charge in [-0.2, -0.15) is 0 Å². The summed E-state index contributed by atoms with van der Waals surface area (Å²) >= 11 is 5.52. The van der Waals surface area contributed by atoms with Crippen LogP contribution in [-0.2, 0) is 0 Å². The van der Waals surface area contributed by atoms with Gasteiger partial charge in [0.2, 0.25) is 5.28 Å². The van der Waals surface area contributed by atoms with E-state index >= 15 is 0 Å². The Labute approximate surface area is 73.9 Å². The molecule has 0 atom stereocenters. The zero-order valence-corrected chi connectivity index (χ0v) is 7.05. The van der Waals surface area contributed by atoms with E-state index in [1.54, 1.807) is 12.4 Å². The molecule has 0 aromatic carbocycles. The van der Waals surface area contributed by atoms with Crippen molar-refractivity contribution in [2.45, 2.75) is 6.92 Å². The number of aryl methyl sites for hydroxylation is 1. The highest BCUT2D eigenvalue weighted by molar-refractivity contribution is 6.28. The molecule has 0 aliphatic carbocycles. The van der Waals surface area contributed by atoms with Crippen LogP contribution in [-0.4, -0.2) is 21.0 Å². The molecule has 64 valence electrons. The van der Waals surface area contributed by atoms with Gasteiger partial charge in [0.15, 0.2) is 5.84 Å². The SMILES string of the molecule is Cc1cc(C(=N)NO)nc(Cl)n1. The van der Waals surface area contributed by atoms with E-state index in [1.807, 2.05) is 0 Å². The number of hydrogen-bond donors (Lipinski definition) is 3. The Hall–Kier alpha value is -1.20. The Morgan fingerprint density at radius 1 is 1.67 bits per heavy atom. The number of hydroxylamine groups is 1. The second-order valence-corrected chi connectivity index (χ2v) is 2.49. The molecule has 1 aromatic rings. The molecule has 0 spiro atoms. The third kappa shape index (κ3) is 1.90. The first-order valence-electron chi connectivity index (χ1n) is 3.13. The van der Waals surface area contributed by atoms with E-state index in [4.69, 9.17) is 22.2 Å². The number of nitrogens with one attached hydrogen (secondary N) is 2. The first-order valence-corrected chi connectivity index (χ1v) is 3.51. The van der Waals surface area contributed by atoms with Gasteiger partial charge in [0, 0.05) is 5.69 Å². The van der Waals surface area contributed by atoms with E-state index in [1.165, 1.54) is 6.07 Å². The minimum absolute atomic E-state index is 0.0602. The molecular formula is C6H7ClN4O. The highest BCUT2D eigenvalue weighted by Crippen LogP contribution is 2.04. The molecule has 0 bridgehead atoms. The molecule has 0 aliphatic heterocycles. The van der Waals surface area contributed by atoms with E-state index in [2.05, 4.69) is 9.97 Å². The van der Waals surface area contributed by atoms with Crippen molar-refractivity contribution >= 4 is 17.4 Å². The van der Waals surface area contributed by atoms with Crippen molar-refractivity contribution in [1.29, 1.82) is 5.41 Å². The molecule has 0 radical (unpaired) electrons. The van der Waals surface area contributed by atoms with Crippen LogP contribution in [0.5, 0.6) is 0 Å². The van der Waals surface area contributed by atoms with Gasteiger partial charge in [-0.15, -0.1) is 0 Å². The lowest BCUT2D eigenvalue weighted by molar-refractivity contribution is 0.234. The van der Waals surface area contributed by atoms with E-state index in [0.29, 0.717) is 5.69 Å². The molecule has 0 aliphatic rings. The third-order valence-corrected chi connectivity index (χ3v) is 1.36. The van der Waals surface area contributed by atoms with Crippen LogP contribution in [0.15, 0.2) is 6.07 Å². The quantitative estimate of drug-likeness (QED) is 0.262. The predicted octanol–water partition coefficient (Wildman–Crippen LogP) is 0.743. The first-order chi connectivity index (χ1) is 5.63. The van der Waals surface area contributed by atoms with Crippen LogP contribution in [0.25, 0.3) is 0 Å². The number of amidine groups is 1. The second kappa shape index (κ2) is 3.46. The van der Waals surface area contributed by atoms with E-state index < -0.39 is 0 Å². The average molecular weight is 187 g/mol. The van der Waals surface area contributed by atoms with Gasteiger partial charge < -0.3 is 0 Å². The van der Waals surface area contributed by atoms with Crippen molar-refractivity contribution in [3.05, 3.63) is 22.7 Å². The number of nitrogens with zero attached hydrogens (tertiary/aromatic N) is 2. The normalized spacial score (nSPS) is 9.58. The summed E-state index contributed by atoms with van der Waals surface area (Å²) in [7, 11) is 0. The maximum atomic E-state index is 8.39. The standard InChI is InChI=1S/C6H7ClN4O/c1-3-2-4(5(8)11-12)10-6(7)9-3/h2,12H,1H3,(H2,8,11). The fourth-order valence-electron chi connectivity index (χ4n) is 0.718. The highest BCUT2D eigenvalue weighted by atomic mass is 35.5. The van der Waals surface area contributed by atoms with Gasteiger partial charge in [-0.25, -0.2) is 9.97 Å².